The van der Waals surface area contributed by atoms with Gasteiger partial charge in [0.25, 0.3) is 5.92 Å². The molecule has 1 N–H and O–H groups in total. The lowest BCUT2D eigenvalue weighted by Crippen LogP contribution is -2.57. The SMILES string of the molecule is COc1ccc2nc3c(nc2c1)O[C@H]1CN(C(=O)[C@H](C(C)(C)C)NC(=O)O[C@]2(C)C[C@H]2COCCC3(F)F)[C@H](C(C)=O)[C@@H]1C. The van der Waals surface area contributed by atoms with Gasteiger partial charge in [0, 0.05) is 24.3 Å². The first-order chi connectivity index (χ1) is 20.5. The first-order valence-corrected chi connectivity index (χ1v) is 14.8. The highest BCUT2D eigenvalue weighted by Crippen LogP contribution is 2.47. The van der Waals surface area contributed by atoms with Crippen molar-refractivity contribution in [1.29, 1.82) is 0 Å². The van der Waals surface area contributed by atoms with Gasteiger partial charge in [0.05, 0.1) is 43.9 Å². The number of fused-ring (bicyclic) bond motifs is 5. The number of alkyl carbamates (subject to hydrolysis) is 1. The van der Waals surface area contributed by atoms with Crippen LogP contribution in [0.25, 0.3) is 11.0 Å². The van der Waals surface area contributed by atoms with Gasteiger partial charge in [0.1, 0.15) is 23.5 Å². The molecule has 6 atom stereocenters. The first kappa shape index (κ1) is 31.8. The molecule has 44 heavy (non-hydrogen) atoms. The second-order valence-corrected chi connectivity index (χ2v) is 13.4. The van der Waals surface area contributed by atoms with Gasteiger partial charge in [-0.15, -0.1) is 0 Å². The predicted octanol–water partition coefficient (Wildman–Crippen LogP) is 4.25. The summed E-state index contributed by atoms with van der Waals surface area (Å²) in [5.74, 6) is -5.01. The lowest BCUT2D eigenvalue weighted by molar-refractivity contribution is -0.141. The summed E-state index contributed by atoms with van der Waals surface area (Å²) in [4.78, 5) is 50.1. The molecule has 2 fully saturated rings. The van der Waals surface area contributed by atoms with Crippen LogP contribution >= 0.6 is 0 Å². The monoisotopic (exact) mass is 618 g/mol. The quantitative estimate of drug-likeness (QED) is 0.525. The summed E-state index contributed by atoms with van der Waals surface area (Å²) in [6, 6.07) is 2.74. The molecule has 1 aromatic carbocycles. The van der Waals surface area contributed by atoms with Gasteiger partial charge < -0.3 is 29.2 Å². The number of rotatable bonds is 2. The minimum Gasteiger partial charge on any atom is -0.497 e. The molecule has 3 heterocycles. The number of nitrogens with zero attached hydrogens (tertiary/aromatic N) is 3. The number of ether oxygens (including phenoxy) is 4. The van der Waals surface area contributed by atoms with Crippen LogP contribution in [0, 0.1) is 17.3 Å². The number of carbonyl (C=O) groups is 3. The van der Waals surface area contributed by atoms with E-state index in [0.717, 1.165) is 0 Å². The molecule has 1 aliphatic carbocycles. The Kier molecular flexibility index (Phi) is 8.23. The molecule has 1 saturated heterocycles. The first-order valence-electron chi connectivity index (χ1n) is 14.8. The third-order valence-electron chi connectivity index (χ3n) is 8.88. The molecule has 1 aromatic heterocycles. The van der Waals surface area contributed by atoms with Gasteiger partial charge >= 0.3 is 6.09 Å². The van der Waals surface area contributed by atoms with E-state index in [1.165, 1.54) is 18.9 Å². The Balaban J connectivity index is 1.58. The highest BCUT2D eigenvalue weighted by Gasteiger charge is 2.55. The number of hydrogen-bond donors (Lipinski definition) is 1. The van der Waals surface area contributed by atoms with Gasteiger partial charge in [-0.05, 0) is 37.8 Å². The summed E-state index contributed by atoms with van der Waals surface area (Å²) < 4.78 is 54.4. The van der Waals surface area contributed by atoms with E-state index in [-0.39, 0.29) is 42.5 Å². The van der Waals surface area contributed by atoms with E-state index in [0.29, 0.717) is 12.2 Å². The predicted molar refractivity (Wildman–Crippen MR) is 155 cm³/mol. The number of hydrogen-bond acceptors (Lipinski definition) is 9. The van der Waals surface area contributed by atoms with E-state index >= 15 is 8.78 Å². The molecule has 2 amide bonds. The van der Waals surface area contributed by atoms with Crippen LogP contribution in [0.1, 0.15) is 60.1 Å². The van der Waals surface area contributed by atoms with Crippen molar-refractivity contribution in [2.75, 3.05) is 26.9 Å². The molecule has 13 heteroatoms. The highest BCUT2D eigenvalue weighted by molar-refractivity contribution is 5.92. The molecule has 2 bridgehead atoms. The van der Waals surface area contributed by atoms with Crippen molar-refractivity contribution in [2.45, 2.75) is 84.1 Å². The molecular formula is C31H40F2N4O7. The highest BCUT2D eigenvalue weighted by atomic mass is 19.3. The molecule has 2 aromatic rings. The smallest absolute Gasteiger partial charge is 0.408 e. The summed E-state index contributed by atoms with van der Waals surface area (Å²) in [5, 5.41) is 2.73. The van der Waals surface area contributed by atoms with E-state index in [2.05, 4.69) is 15.3 Å². The Morgan fingerprint density at radius 1 is 1.18 bits per heavy atom. The molecule has 5 rings (SSSR count). The van der Waals surface area contributed by atoms with Gasteiger partial charge in [-0.2, -0.15) is 8.78 Å². The summed E-state index contributed by atoms with van der Waals surface area (Å²) in [7, 11) is 1.48. The summed E-state index contributed by atoms with van der Waals surface area (Å²) >= 11 is 0. The summed E-state index contributed by atoms with van der Waals surface area (Å²) in [6.07, 6.45) is -1.87. The molecule has 1 saturated carbocycles. The van der Waals surface area contributed by atoms with Crippen molar-refractivity contribution in [3.63, 3.8) is 0 Å². The Bertz CT molecular complexity index is 1460. The van der Waals surface area contributed by atoms with E-state index in [1.54, 1.807) is 52.8 Å². The van der Waals surface area contributed by atoms with E-state index in [4.69, 9.17) is 18.9 Å². The molecule has 3 aliphatic rings. The number of Topliss-reactive ketones (excluding diaryl/α,β-unsaturated/α-hetero) is 1. The average Bonchev–Trinajstić information content (AvgIpc) is 3.45. The fraction of sp³-hybridized carbons (Fsp3) is 0.645. The maximum absolute atomic E-state index is 15.8. The zero-order chi connectivity index (χ0) is 32.2. The standard InChI is InChI=1S/C31H40F2N4O7/c1-16-22-14-37(23(16)17(2)38)27(39)25(29(3,4)5)36-28(40)44-30(6)13-18(30)15-42-11-10-31(32,33)24-26(43-22)35-21-12-19(41-7)8-9-20(21)34-24/h8-9,12,16,18,22-23,25H,10-11,13-15H2,1-7H3,(H,36,40)/t16-,18+,22+,23+,25-,30-/m1/s1. The van der Waals surface area contributed by atoms with Gasteiger partial charge in [-0.25, -0.2) is 14.8 Å². The van der Waals surface area contributed by atoms with Crippen molar-refractivity contribution in [3.05, 3.63) is 23.9 Å². The summed E-state index contributed by atoms with van der Waals surface area (Å²) in [6.45, 7) is 9.93. The van der Waals surface area contributed by atoms with Gasteiger partial charge in [0.15, 0.2) is 11.5 Å². The minimum absolute atomic E-state index is 0.0979. The van der Waals surface area contributed by atoms with Crippen LogP contribution in [0.15, 0.2) is 18.2 Å². The lowest BCUT2D eigenvalue weighted by atomic mass is 9.85. The van der Waals surface area contributed by atoms with Gasteiger partial charge in [-0.1, -0.05) is 27.7 Å². The lowest BCUT2D eigenvalue weighted by Gasteiger charge is -2.35. The molecule has 0 radical (unpaired) electrons. The number of nitrogens with one attached hydrogen (secondary N) is 1. The largest absolute Gasteiger partial charge is 0.497 e. The van der Waals surface area contributed by atoms with E-state index in [9.17, 15) is 14.4 Å². The van der Waals surface area contributed by atoms with Crippen molar-refractivity contribution in [2.24, 2.45) is 17.3 Å². The Hall–Kier alpha value is -3.61. The molecular weight excluding hydrogens is 578 g/mol. The number of methoxy groups -OCH3 is 1. The average molecular weight is 619 g/mol. The molecule has 0 spiro atoms. The third kappa shape index (κ3) is 6.15. The zero-order valence-electron chi connectivity index (χ0n) is 26.1. The summed E-state index contributed by atoms with van der Waals surface area (Å²) in [5.41, 5.74) is -1.77. The van der Waals surface area contributed by atoms with Gasteiger partial charge in [-0.3, -0.25) is 9.59 Å². The molecule has 0 unspecified atom stereocenters. The zero-order valence-corrected chi connectivity index (χ0v) is 26.1. The number of halogens is 2. The van der Waals surface area contributed by atoms with Crippen molar-refractivity contribution < 1.29 is 42.1 Å². The fourth-order valence-electron chi connectivity index (χ4n) is 6.04. The van der Waals surface area contributed by atoms with Crippen LogP contribution in [0.5, 0.6) is 11.6 Å². The molecule has 240 valence electrons. The number of alkyl halides is 2. The Labute approximate surface area is 255 Å². The molecule has 2 aliphatic heterocycles. The van der Waals surface area contributed by atoms with Crippen LogP contribution in [0.2, 0.25) is 0 Å². The number of benzene rings is 1. The topological polar surface area (TPSA) is 129 Å². The van der Waals surface area contributed by atoms with Crippen molar-refractivity contribution in [3.8, 4) is 11.6 Å². The van der Waals surface area contributed by atoms with Crippen LogP contribution in [0.3, 0.4) is 0 Å². The van der Waals surface area contributed by atoms with Gasteiger partial charge in [0.2, 0.25) is 11.8 Å². The van der Waals surface area contributed by atoms with Crippen LogP contribution in [-0.4, -0.2) is 83.3 Å². The van der Waals surface area contributed by atoms with Crippen LogP contribution in [-0.2, 0) is 25.0 Å². The van der Waals surface area contributed by atoms with Crippen molar-refractivity contribution in [1.82, 2.24) is 20.2 Å². The Morgan fingerprint density at radius 3 is 2.57 bits per heavy atom. The van der Waals surface area contributed by atoms with Crippen LogP contribution < -0.4 is 14.8 Å². The van der Waals surface area contributed by atoms with Crippen molar-refractivity contribution >= 4 is 28.8 Å². The number of carbonyl (C=O) groups excluding carboxylic acids is 3. The third-order valence-corrected chi connectivity index (χ3v) is 8.88. The maximum atomic E-state index is 15.8. The normalized spacial score (nSPS) is 31.0. The Morgan fingerprint density at radius 2 is 1.91 bits per heavy atom. The number of ketones is 1. The minimum atomic E-state index is -3.49. The molecule has 11 nitrogen and oxygen atoms in total. The maximum Gasteiger partial charge on any atom is 0.408 e. The second kappa shape index (κ2) is 11.4. The number of aromatic nitrogens is 2. The van der Waals surface area contributed by atoms with E-state index < -0.39 is 71.0 Å². The van der Waals surface area contributed by atoms with E-state index in [1.807, 2.05) is 0 Å². The van der Waals surface area contributed by atoms with Crippen LogP contribution in [0.4, 0.5) is 13.6 Å². The number of amides is 2. The fourth-order valence-corrected chi connectivity index (χ4v) is 6.04. The second-order valence-electron chi connectivity index (χ2n) is 13.4.